The van der Waals surface area contributed by atoms with E-state index in [0.29, 0.717) is 10.6 Å². The molecule has 4 heteroatoms. The van der Waals surface area contributed by atoms with Crippen molar-refractivity contribution in [1.29, 1.82) is 0 Å². The molecule has 19 heavy (non-hydrogen) atoms. The normalized spacial score (nSPS) is 24.3. The highest BCUT2D eigenvalue weighted by atomic mass is 32.2. The van der Waals surface area contributed by atoms with E-state index < -0.39 is 9.84 Å². The maximum atomic E-state index is 12.8. The van der Waals surface area contributed by atoms with Gasteiger partial charge in [0.2, 0.25) is 0 Å². The zero-order valence-corrected chi connectivity index (χ0v) is 12.5. The van der Waals surface area contributed by atoms with Crippen molar-refractivity contribution in [3.8, 4) is 0 Å². The van der Waals surface area contributed by atoms with Crippen LogP contribution < -0.4 is 5.73 Å². The van der Waals surface area contributed by atoms with Gasteiger partial charge in [0.05, 0.1) is 15.8 Å². The SMILES string of the molecule is CCC1CCCCC1S(=O)(=O)c1cc(C)ccc1N. The quantitative estimate of drug-likeness (QED) is 0.865. The zero-order chi connectivity index (χ0) is 14.0. The average Bonchev–Trinajstić information content (AvgIpc) is 2.41. The number of nitrogen functional groups attached to an aromatic ring is 1. The van der Waals surface area contributed by atoms with Crippen molar-refractivity contribution in [2.24, 2.45) is 5.92 Å². The first-order valence-corrected chi connectivity index (χ1v) is 8.61. The summed E-state index contributed by atoms with van der Waals surface area (Å²) in [5, 5.41) is -0.254. The van der Waals surface area contributed by atoms with Crippen molar-refractivity contribution in [2.45, 2.75) is 56.1 Å². The molecular formula is C15H23NO2S. The van der Waals surface area contributed by atoms with Gasteiger partial charge in [-0.2, -0.15) is 0 Å². The third-order valence-corrected chi connectivity index (χ3v) is 6.62. The van der Waals surface area contributed by atoms with Crippen LogP contribution in [-0.4, -0.2) is 13.7 Å². The Morgan fingerprint density at radius 3 is 2.63 bits per heavy atom. The van der Waals surface area contributed by atoms with Gasteiger partial charge in [-0.15, -0.1) is 0 Å². The summed E-state index contributed by atoms with van der Waals surface area (Å²) in [4.78, 5) is 0.331. The number of hydrogen-bond donors (Lipinski definition) is 1. The van der Waals surface area contributed by atoms with Crippen molar-refractivity contribution in [3.05, 3.63) is 23.8 Å². The molecule has 1 aliphatic carbocycles. The lowest BCUT2D eigenvalue weighted by molar-refractivity contribution is 0.348. The van der Waals surface area contributed by atoms with Crippen molar-refractivity contribution in [2.75, 3.05) is 5.73 Å². The third kappa shape index (κ3) is 2.78. The largest absolute Gasteiger partial charge is 0.398 e. The second kappa shape index (κ2) is 5.53. The van der Waals surface area contributed by atoms with Crippen LogP contribution in [0.15, 0.2) is 23.1 Å². The fourth-order valence-corrected chi connectivity index (χ4v) is 5.49. The second-order valence-corrected chi connectivity index (χ2v) is 7.71. The van der Waals surface area contributed by atoms with E-state index in [1.165, 1.54) is 0 Å². The highest BCUT2D eigenvalue weighted by Crippen LogP contribution is 2.36. The molecule has 1 aromatic rings. The molecule has 0 saturated heterocycles. The number of nitrogens with two attached hydrogens (primary N) is 1. The molecule has 2 N–H and O–H groups in total. The maximum absolute atomic E-state index is 12.8. The average molecular weight is 281 g/mol. The Morgan fingerprint density at radius 1 is 1.26 bits per heavy atom. The maximum Gasteiger partial charge on any atom is 0.183 e. The molecule has 0 spiro atoms. The molecule has 0 bridgehead atoms. The van der Waals surface area contributed by atoms with Gasteiger partial charge in [-0.25, -0.2) is 8.42 Å². The lowest BCUT2D eigenvalue weighted by Crippen LogP contribution is -2.33. The number of sulfone groups is 1. The summed E-state index contributed by atoms with van der Waals surface area (Å²) in [6.07, 6.45) is 4.87. The van der Waals surface area contributed by atoms with Gasteiger partial charge in [0, 0.05) is 0 Å². The molecule has 2 unspecified atom stereocenters. The molecule has 1 fully saturated rings. The number of anilines is 1. The Balaban J connectivity index is 2.43. The Labute approximate surface area is 116 Å². The molecule has 2 rings (SSSR count). The van der Waals surface area contributed by atoms with E-state index >= 15 is 0 Å². The van der Waals surface area contributed by atoms with Crippen LogP contribution in [0, 0.1) is 12.8 Å². The van der Waals surface area contributed by atoms with Gasteiger partial charge >= 0.3 is 0 Å². The van der Waals surface area contributed by atoms with Crippen molar-refractivity contribution in [3.63, 3.8) is 0 Å². The minimum atomic E-state index is -3.30. The molecule has 3 nitrogen and oxygen atoms in total. The van der Waals surface area contributed by atoms with Crippen LogP contribution in [0.2, 0.25) is 0 Å². The first-order valence-electron chi connectivity index (χ1n) is 7.07. The molecule has 1 saturated carbocycles. The van der Waals surface area contributed by atoms with Crippen LogP contribution in [0.1, 0.15) is 44.6 Å². The Morgan fingerprint density at radius 2 is 1.95 bits per heavy atom. The molecule has 0 aromatic heterocycles. The monoisotopic (exact) mass is 281 g/mol. The fraction of sp³-hybridized carbons (Fsp3) is 0.600. The number of benzene rings is 1. The third-order valence-electron chi connectivity index (χ3n) is 4.24. The molecule has 0 heterocycles. The molecule has 0 radical (unpaired) electrons. The van der Waals surface area contributed by atoms with Crippen LogP contribution in [0.25, 0.3) is 0 Å². The summed E-state index contributed by atoms with van der Waals surface area (Å²) in [5.74, 6) is 0.277. The molecule has 106 valence electrons. The summed E-state index contributed by atoms with van der Waals surface area (Å²) >= 11 is 0. The molecule has 1 aromatic carbocycles. The lowest BCUT2D eigenvalue weighted by atomic mass is 9.87. The number of aryl methyl sites for hydroxylation is 1. The van der Waals surface area contributed by atoms with E-state index in [0.717, 1.165) is 37.7 Å². The molecule has 2 atom stereocenters. The van der Waals surface area contributed by atoms with E-state index in [2.05, 4.69) is 6.92 Å². The summed E-state index contributed by atoms with van der Waals surface area (Å²) in [6, 6.07) is 5.27. The molecule has 0 aliphatic heterocycles. The van der Waals surface area contributed by atoms with Crippen LogP contribution in [0.3, 0.4) is 0 Å². The van der Waals surface area contributed by atoms with Crippen molar-refractivity contribution >= 4 is 15.5 Å². The molecule has 0 amide bonds. The Kier molecular flexibility index (Phi) is 4.19. The summed E-state index contributed by atoms with van der Waals surface area (Å²) in [5.41, 5.74) is 7.21. The summed E-state index contributed by atoms with van der Waals surface area (Å²) in [6.45, 7) is 3.98. The van der Waals surface area contributed by atoms with Gasteiger partial charge in [-0.1, -0.05) is 32.3 Å². The van der Waals surface area contributed by atoms with E-state index in [1.807, 2.05) is 13.0 Å². The standard InChI is InChI=1S/C15H23NO2S/c1-3-12-6-4-5-7-14(12)19(17,18)15-10-11(2)8-9-13(15)16/h8-10,12,14H,3-7,16H2,1-2H3. The Bertz CT molecular complexity index is 551. The van der Waals surface area contributed by atoms with Gasteiger partial charge in [0.1, 0.15) is 0 Å². The minimum absolute atomic E-state index is 0.254. The minimum Gasteiger partial charge on any atom is -0.398 e. The smallest absolute Gasteiger partial charge is 0.183 e. The van der Waals surface area contributed by atoms with Gasteiger partial charge in [-0.3, -0.25) is 0 Å². The molecule has 1 aliphatic rings. The second-order valence-electron chi connectivity index (χ2n) is 5.58. The van der Waals surface area contributed by atoms with Gasteiger partial charge in [-0.05, 0) is 43.4 Å². The van der Waals surface area contributed by atoms with Gasteiger partial charge in [0.15, 0.2) is 9.84 Å². The van der Waals surface area contributed by atoms with Gasteiger partial charge in [0.25, 0.3) is 0 Å². The highest BCUT2D eigenvalue weighted by molar-refractivity contribution is 7.92. The fourth-order valence-electron chi connectivity index (χ4n) is 3.10. The van der Waals surface area contributed by atoms with Gasteiger partial charge < -0.3 is 5.73 Å². The van der Waals surface area contributed by atoms with Crippen LogP contribution >= 0.6 is 0 Å². The number of hydrogen-bond acceptors (Lipinski definition) is 3. The van der Waals surface area contributed by atoms with E-state index in [4.69, 9.17) is 5.73 Å². The van der Waals surface area contributed by atoms with Crippen molar-refractivity contribution < 1.29 is 8.42 Å². The van der Waals surface area contributed by atoms with E-state index in [-0.39, 0.29) is 11.2 Å². The zero-order valence-electron chi connectivity index (χ0n) is 11.7. The predicted octanol–water partition coefficient (Wildman–Crippen LogP) is 3.32. The summed E-state index contributed by atoms with van der Waals surface area (Å²) in [7, 11) is -3.30. The lowest BCUT2D eigenvalue weighted by Gasteiger charge is -2.30. The topological polar surface area (TPSA) is 60.2 Å². The van der Waals surface area contributed by atoms with E-state index in [9.17, 15) is 8.42 Å². The molecular weight excluding hydrogens is 258 g/mol. The van der Waals surface area contributed by atoms with Crippen LogP contribution in [-0.2, 0) is 9.84 Å². The van der Waals surface area contributed by atoms with E-state index in [1.54, 1.807) is 12.1 Å². The summed E-state index contributed by atoms with van der Waals surface area (Å²) < 4.78 is 25.7. The first kappa shape index (κ1) is 14.4. The highest BCUT2D eigenvalue weighted by Gasteiger charge is 2.36. The first-order chi connectivity index (χ1) is 8.96. The van der Waals surface area contributed by atoms with Crippen molar-refractivity contribution in [1.82, 2.24) is 0 Å². The Hall–Kier alpha value is -1.03. The number of rotatable bonds is 3. The van der Waals surface area contributed by atoms with Crippen LogP contribution in [0.4, 0.5) is 5.69 Å². The predicted molar refractivity (Wildman–Crippen MR) is 78.8 cm³/mol. The van der Waals surface area contributed by atoms with Crippen LogP contribution in [0.5, 0.6) is 0 Å².